The van der Waals surface area contributed by atoms with Crippen molar-refractivity contribution in [2.75, 3.05) is 26.2 Å². The van der Waals surface area contributed by atoms with Crippen LogP contribution in [-0.2, 0) is 9.59 Å². The summed E-state index contributed by atoms with van der Waals surface area (Å²) in [6.45, 7) is 8.69. The van der Waals surface area contributed by atoms with Gasteiger partial charge in [-0.15, -0.1) is 0 Å². The molecule has 1 fully saturated rings. The predicted molar refractivity (Wildman–Crippen MR) is 124 cm³/mol. The van der Waals surface area contributed by atoms with Crippen LogP contribution in [-0.4, -0.2) is 57.9 Å². The molecule has 7 heteroatoms. The summed E-state index contributed by atoms with van der Waals surface area (Å²) in [5.41, 5.74) is 1.88. The Morgan fingerprint density at radius 1 is 1.10 bits per heavy atom. The highest BCUT2D eigenvalue weighted by molar-refractivity contribution is 9.10. The minimum Gasteiger partial charge on any atom is -0.507 e. The van der Waals surface area contributed by atoms with Crippen LogP contribution in [0, 0.1) is 6.92 Å². The summed E-state index contributed by atoms with van der Waals surface area (Å²) in [5.74, 6) is -1.94. The van der Waals surface area contributed by atoms with Gasteiger partial charge >= 0.3 is 0 Å². The molecule has 0 spiro atoms. The highest BCUT2D eigenvalue weighted by Gasteiger charge is 2.46. The number of aryl methyl sites for hydroxylation is 1. The van der Waals surface area contributed by atoms with Gasteiger partial charge in [-0.05, 0) is 43.8 Å². The molecule has 0 bridgehead atoms. The number of aromatic hydroxyl groups is 1. The summed E-state index contributed by atoms with van der Waals surface area (Å²) in [7, 11) is 0. The lowest BCUT2D eigenvalue weighted by Gasteiger charge is -2.28. The Morgan fingerprint density at radius 3 is 2.35 bits per heavy atom. The average molecular weight is 487 g/mol. The van der Waals surface area contributed by atoms with Gasteiger partial charge in [-0.1, -0.05) is 59.6 Å². The molecule has 3 rings (SSSR count). The van der Waals surface area contributed by atoms with Gasteiger partial charge in [-0.2, -0.15) is 0 Å². The molecule has 2 aromatic rings. The molecule has 1 amide bonds. The molecular formula is C24H27BrN2O4. The Bertz CT molecular complexity index is 1010. The van der Waals surface area contributed by atoms with Gasteiger partial charge in [0.15, 0.2) is 0 Å². The lowest BCUT2D eigenvalue weighted by atomic mass is 9.94. The van der Waals surface area contributed by atoms with Crippen LogP contribution in [0.1, 0.15) is 36.6 Å². The van der Waals surface area contributed by atoms with E-state index in [4.69, 9.17) is 0 Å². The minimum atomic E-state index is -0.748. The zero-order valence-corrected chi connectivity index (χ0v) is 19.5. The second-order valence-electron chi connectivity index (χ2n) is 7.59. The number of benzene rings is 2. The number of aliphatic hydroxyl groups is 1. The van der Waals surface area contributed by atoms with Crippen molar-refractivity contribution in [3.05, 3.63) is 69.2 Å². The molecule has 1 unspecified atom stereocenters. The molecule has 0 radical (unpaired) electrons. The molecule has 6 nitrogen and oxygen atoms in total. The standard InChI is InChI=1S/C24H27BrN2O4/c1-4-26(5-2)12-13-27-21(16-8-6-15(3)7-9-16)20(23(30)24(27)31)22(29)18-14-17(25)10-11-19(18)28/h6-11,14,21,28-29H,4-5,12-13H2,1-3H3. The Kier molecular flexibility index (Phi) is 7.18. The van der Waals surface area contributed by atoms with Crippen molar-refractivity contribution in [1.29, 1.82) is 0 Å². The molecule has 2 aromatic carbocycles. The summed E-state index contributed by atoms with van der Waals surface area (Å²) in [6, 6.07) is 11.4. The number of carbonyl (C=O) groups excluding carboxylic acids is 2. The van der Waals surface area contributed by atoms with Gasteiger partial charge in [0, 0.05) is 17.6 Å². The summed E-state index contributed by atoms with van der Waals surface area (Å²) in [6.07, 6.45) is 0. The van der Waals surface area contributed by atoms with Crippen LogP contribution in [0.25, 0.3) is 5.76 Å². The zero-order chi connectivity index (χ0) is 22.7. The number of amides is 1. The van der Waals surface area contributed by atoms with Gasteiger partial charge in [0.1, 0.15) is 11.5 Å². The maximum absolute atomic E-state index is 13.0. The highest BCUT2D eigenvalue weighted by Crippen LogP contribution is 2.41. The predicted octanol–water partition coefficient (Wildman–Crippen LogP) is 4.23. The van der Waals surface area contributed by atoms with E-state index in [0.29, 0.717) is 17.6 Å². The van der Waals surface area contributed by atoms with Crippen LogP contribution >= 0.6 is 15.9 Å². The van der Waals surface area contributed by atoms with Crippen LogP contribution in [0.15, 0.2) is 52.5 Å². The fourth-order valence-electron chi connectivity index (χ4n) is 3.84. The fraction of sp³-hybridized carbons (Fsp3) is 0.333. The van der Waals surface area contributed by atoms with E-state index in [9.17, 15) is 19.8 Å². The monoisotopic (exact) mass is 486 g/mol. The van der Waals surface area contributed by atoms with Gasteiger partial charge in [-0.3, -0.25) is 9.59 Å². The number of rotatable bonds is 7. The third-order valence-corrected chi connectivity index (χ3v) is 6.19. The highest BCUT2D eigenvalue weighted by atomic mass is 79.9. The molecule has 164 valence electrons. The van der Waals surface area contributed by atoms with Crippen LogP contribution < -0.4 is 0 Å². The smallest absolute Gasteiger partial charge is 0.295 e. The van der Waals surface area contributed by atoms with E-state index >= 15 is 0 Å². The number of ketones is 1. The molecule has 0 aromatic heterocycles. The molecular weight excluding hydrogens is 460 g/mol. The van der Waals surface area contributed by atoms with E-state index in [1.165, 1.54) is 17.0 Å². The summed E-state index contributed by atoms with van der Waals surface area (Å²) in [5, 5.41) is 21.4. The quantitative estimate of drug-likeness (QED) is 0.347. The van der Waals surface area contributed by atoms with E-state index in [1.807, 2.05) is 45.0 Å². The summed E-state index contributed by atoms with van der Waals surface area (Å²) >= 11 is 3.32. The number of nitrogens with zero attached hydrogens (tertiary/aromatic N) is 2. The number of aliphatic hydroxyl groups excluding tert-OH is 1. The topological polar surface area (TPSA) is 81.1 Å². The van der Waals surface area contributed by atoms with Crippen molar-refractivity contribution in [3.8, 4) is 5.75 Å². The molecule has 31 heavy (non-hydrogen) atoms. The summed E-state index contributed by atoms with van der Waals surface area (Å²) < 4.78 is 0.634. The second-order valence-corrected chi connectivity index (χ2v) is 8.51. The minimum absolute atomic E-state index is 0.0122. The number of phenols is 1. The van der Waals surface area contributed by atoms with Crippen molar-refractivity contribution in [2.45, 2.75) is 26.8 Å². The molecule has 1 aliphatic rings. The number of Topliss-reactive ketones (excluding diaryl/α,β-unsaturated/α-hetero) is 1. The molecule has 2 N–H and O–H groups in total. The molecule has 0 saturated carbocycles. The second kappa shape index (κ2) is 9.66. The van der Waals surface area contributed by atoms with Gasteiger partial charge in [0.2, 0.25) is 0 Å². The SMILES string of the molecule is CCN(CC)CCN1C(=O)C(=O)C(=C(O)c2cc(Br)ccc2O)C1c1ccc(C)cc1. The van der Waals surface area contributed by atoms with E-state index in [2.05, 4.69) is 20.8 Å². The number of carbonyl (C=O) groups is 2. The third kappa shape index (κ3) is 4.67. The molecule has 0 aliphatic carbocycles. The number of hydrogen-bond acceptors (Lipinski definition) is 5. The molecule has 1 atom stereocenters. The molecule has 1 saturated heterocycles. The Hall–Kier alpha value is -2.64. The maximum Gasteiger partial charge on any atom is 0.295 e. The van der Waals surface area contributed by atoms with Crippen LogP contribution in [0.5, 0.6) is 5.75 Å². The van der Waals surface area contributed by atoms with Gasteiger partial charge in [0.05, 0.1) is 17.2 Å². The number of halogens is 1. The first kappa shape index (κ1) is 23.0. The molecule has 1 aliphatic heterocycles. The van der Waals surface area contributed by atoms with E-state index in [1.54, 1.807) is 6.07 Å². The number of likely N-dealkylation sites (N-methyl/N-ethyl adjacent to an activating group) is 1. The van der Waals surface area contributed by atoms with E-state index in [-0.39, 0.29) is 22.6 Å². The van der Waals surface area contributed by atoms with Gasteiger partial charge < -0.3 is 20.0 Å². The van der Waals surface area contributed by atoms with E-state index < -0.39 is 17.7 Å². The third-order valence-electron chi connectivity index (χ3n) is 5.70. The normalized spacial score (nSPS) is 18.2. The van der Waals surface area contributed by atoms with Crippen molar-refractivity contribution >= 4 is 33.4 Å². The first-order chi connectivity index (χ1) is 14.8. The van der Waals surface area contributed by atoms with Crippen LogP contribution in [0.2, 0.25) is 0 Å². The van der Waals surface area contributed by atoms with Crippen molar-refractivity contribution in [2.24, 2.45) is 0 Å². The summed E-state index contributed by atoms with van der Waals surface area (Å²) in [4.78, 5) is 29.7. The van der Waals surface area contributed by atoms with Crippen molar-refractivity contribution in [3.63, 3.8) is 0 Å². The van der Waals surface area contributed by atoms with Crippen LogP contribution in [0.4, 0.5) is 0 Å². The van der Waals surface area contributed by atoms with E-state index in [0.717, 1.165) is 24.2 Å². The first-order valence-corrected chi connectivity index (χ1v) is 11.1. The average Bonchev–Trinajstić information content (AvgIpc) is 3.01. The van der Waals surface area contributed by atoms with Crippen LogP contribution in [0.3, 0.4) is 0 Å². The lowest BCUT2D eigenvalue weighted by Crippen LogP contribution is -2.38. The van der Waals surface area contributed by atoms with Gasteiger partial charge in [-0.25, -0.2) is 0 Å². The number of phenolic OH excluding ortho intramolecular Hbond substituents is 1. The first-order valence-electron chi connectivity index (χ1n) is 10.3. The largest absolute Gasteiger partial charge is 0.507 e. The zero-order valence-electron chi connectivity index (χ0n) is 17.9. The number of hydrogen-bond donors (Lipinski definition) is 2. The van der Waals surface area contributed by atoms with Gasteiger partial charge in [0.25, 0.3) is 11.7 Å². The molecule has 1 heterocycles. The fourth-order valence-corrected chi connectivity index (χ4v) is 4.20. The maximum atomic E-state index is 13.0. The van der Waals surface area contributed by atoms with Crippen molar-refractivity contribution in [1.82, 2.24) is 9.80 Å². The Morgan fingerprint density at radius 2 is 1.74 bits per heavy atom. The Labute approximate surface area is 190 Å². The number of likely N-dealkylation sites (tertiary alicyclic amines) is 1. The van der Waals surface area contributed by atoms with Crippen molar-refractivity contribution < 1.29 is 19.8 Å². The lowest BCUT2D eigenvalue weighted by molar-refractivity contribution is -0.140. The Balaban J connectivity index is 2.13.